The van der Waals surface area contributed by atoms with Crippen molar-refractivity contribution in [2.75, 3.05) is 43.4 Å². The molecular formula is C43H62N12O12S3. The van der Waals surface area contributed by atoms with Gasteiger partial charge in [-0.15, -0.1) is 0 Å². The fourth-order valence-corrected chi connectivity index (χ4v) is 10.2. The molecule has 0 unspecified atom stereocenters. The highest BCUT2D eigenvalue weighted by Gasteiger charge is 2.44. The van der Waals surface area contributed by atoms with Crippen LogP contribution in [0.4, 0.5) is 0 Å². The number of carboxylic acids is 2. The van der Waals surface area contributed by atoms with Gasteiger partial charge in [-0.2, -0.15) is 12.6 Å². The summed E-state index contributed by atoms with van der Waals surface area (Å²) in [5, 5.41) is 31.9. The van der Waals surface area contributed by atoms with Crippen molar-refractivity contribution in [1.82, 2.24) is 41.4 Å². The number of aromatic amines is 1. The molecule has 2 aliphatic rings. The Morgan fingerprint density at radius 3 is 2.11 bits per heavy atom. The van der Waals surface area contributed by atoms with Crippen LogP contribution in [0.3, 0.4) is 0 Å². The quantitative estimate of drug-likeness (QED) is 0.0142. The van der Waals surface area contributed by atoms with E-state index in [9.17, 15) is 53.1 Å². The van der Waals surface area contributed by atoms with Crippen molar-refractivity contribution in [2.24, 2.45) is 22.2 Å². The second kappa shape index (κ2) is 28.4. The van der Waals surface area contributed by atoms with Crippen LogP contribution in [0.1, 0.15) is 69.8 Å². The summed E-state index contributed by atoms with van der Waals surface area (Å²) in [6.07, 6.45) is 2.96. The predicted molar refractivity (Wildman–Crippen MR) is 264 cm³/mol. The number of thiol groups is 1. The summed E-state index contributed by atoms with van der Waals surface area (Å²) in [7, 11) is 2.59. The van der Waals surface area contributed by atoms with E-state index in [0.717, 1.165) is 10.9 Å². The maximum atomic E-state index is 14.7. The van der Waals surface area contributed by atoms with E-state index in [1.807, 2.05) is 6.07 Å². The maximum Gasteiger partial charge on any atom is 0.305 e. The van der Waals surface area contributed by atoms with Gasteiger partial charge >= 0.3 is 11.9 Å². The van der Waals surface area contributed by atoms with E-state index in [-0.39, 0.29) is 63.5 Å². The zero-order valence-electron chi connectivity index (χ0n) is 38.4. The van der Waals surface area contributed by atoms with Gasteiger partial charge in [-0.1, -0.05) is 39.8 Å². The second-order valence-electron chi connectivity index (χ2n) is 16.5. The number of fused-ring (bicyclic) bond motifs is 1. The molecule has 4 rings (SSSR count). The van der Waals surface area contributed by atoms with E-state index in [1.165, 1.54) is 31.4 Å². The van der Waals surface area contributed by atoms with Crippen molar-refractivity contribution in [3.8, 4) is 0 Å². The third kappa shape index (κ3) is 17.6. The number of likely N-dealkylation sites (tertiary alicyclic amines) is 2. The first-order valence-electron chi connectivity index (χ1n) is 22.7. The van der Waals surface area contributed by atoms with Crippen LogP contribution < -0.4 is 43.8 Å². The summed E-state index contributed by atoms with van der Waals surface area (Å²) >= 11 is 4.08. The Morgan fingerprint density at radius 1 is 0.771 bits per heavy atom. The molecule has 0 spiro atoms. The minimum atomic E-state index is -1.75. The number of aliphatic imine (C=N–C) groups is 1. The molecule has 2 saturated heterocycles. The minimum absolute atomic E-state index is 0.00214. The summed E-state index contributed by atoms with van der Waals surface area (Å²) in [5.74, 6) is -7.73. The molecule has 0 radical (unpaired) electrons. The normalized spacial score (nSPS) is 17.1. The number of primary amides is 1. The second-order valence-corrected chi connectivity index (χ2v) is 19.6. The van der Waals surface area contributed by atoms with Crippen molar-refractivity contribution >= 4 is 110 Å². The molecule has 8 amide bonds. The number of nitrogens with one attached hydrogen (secondary N) is 6. The van der Waals surface area contributed by atoms with Crippen molar-refractivity contribution in [3.63, 3.8) is 0 Å². The van der Waals surface area contributed by atoms with Gasteiger partial charge in [0.15, 0.2) is 5.96 Å². The van der Waals surface area contributed by atoms with Gasteiger partial charge in [0, 0.05) is 66.8 Å². The topological polar surface area (TPSA) is 384 Å². The Morgan fingerprint density at radius 2 is 1.44 bits per heavy atom. The Balaban J connectivity index is 1.48. The number of amides is 8. The SMILES string of the molecule is NC(=O)[C@H](CS)NC(=O)[C@@H]1CCCN1C(=O)[C@@H]1CCCN1C(=O)[C@H](Cc1c[nH]c2ccccc12)NC(=O)[C@H](CC(=O)O)NC(=O)CNC(=O)[C@H](CCCCN=C(N)N)NC(=O)CCSSCCC(=O)O. The van der Waals surface area contributed by atoms with Crippen molar-refractivity contribution < 1.29 is 58.2 Å². The number of para-hydroxylation sites is 1. The number of unbranched alkanes of at least 4 members (excludes halogenated alkanes) is 1. The lowest BCUT2D eigenvalue weighted by atomic mass is 10.0. The van der Waals surface area contributed by atoms with Crippen molar-refractivity contribution in [2.45, 2.75) is 107 Å². The van der Waals surface area contributed by atoms with Gasteiger partial charge in [0.1, 0.15) is 36.3 Å². The molecule has 1 aromatic heterocycles. The molecule has 27 heteroatoms. The zero-order chi connectivity index (χ0) is 51.3. The number of hydrogen-bond donors (Lipinski definition) is 12. The predicted octanol–water partition coefficient (Wildman–Crippen LogP) is -1.67. The number of aromatic nitrogens is 1. The van der Waals surface area contributed by atoms with Gasteiger partial charge < -0.3 is 68.8 Å². The number of aliphatic carboxylic acids is 2. The molecule has 24 nitrogen and oxygen atoms in total. The van der Waals surface area contributed by atoms with Crippen molar-refractivity contribution in [3.05, 3.63) is 36.0 Å². The summed E-state index contributed by atoms with van der Waals surface area (Å²) in [4.78, 5) is 140. The van der Waals surface area contributed by atoms with Crippen LogP contribution in [0, 0.1) is 0 Å². The Kier molecular flexibility index (Phi) is 22.9. The van der Waals surface area contributed by atoms with E-state index < -0.39 is 108 Å². The number of carbonyl (C=O) groups excluding carboxylic acids is 8. The summed E-state index contributed by atoms with van der Waals surface area (Å²) < 4.78 is 0. The number of carboxylic acid groups (broad SMARTS) is 2. The first kappa shape index (κ1) is 56.4. The third-order valence-corrected chi connectivity index (χ3v) is 14.2. The van der Waals surface area contributed by atoms with Gasteiger partial charge in [0.2, 0.25) is 47.3 Å². The molecule has 2 fully saturated rings. The number of nitrogens with zero attached hydrogens (tertiary/aromatic N) is 3. The van der Waals surface area contributed by atoms with E-state index in [1.54, 1.807) is 24.4 Å². The van der Waals surface area contributed by atoms with Crippen LogP contribution >= 0.6 is 34.2 Å². The molecular weight excluding hydrogens is 973 g/mol. The molecule has 6 atom stereocenters. The Bertz CT molecular complexity index is 2250. The standard InChI is InChI=1S/C43H62N12O12S3/c44-37(62)30(23-68)53-40(65)31-10-5-15-54(31)42(67)32-11-6-16-55(32)41(66)29(19-24-21-48-26-8-2-1-7-25(24)26)52-39(64)28(20-36(60)61)51-34(57)22-49-38(63)27(9-3-4-14-47-43(45)46)50-33(56)12-17-69-70-18-13-35(58)59/h1-2,7-8,21,27-32,48,68H,3-6,9-20,22-23H2,(H2,44,62)(H,49,63)(H,50,56)(H,51,57)(H,52,64)(H,53,65)(H,58,59)(H,60,61)(H4,45,46,47)/t27-,28-,29-,30-,31-,32-/m0/s1. The van der Waals surface area contributed by atoms with Crippen LogP contribution in [-0.4, -0.2) is 170 Å². The Hall–Kier alpha value is -6.22. The fourth-order valence-electron chi connectivity index (χ4n) is 7.95. The lowest BCUT2D eigenvalue weighted by molar-refractivity contribution is -0.148. The van der Waals surface area contributed by atoms with Crippen LogP contribution in [0.2, 0.25) is 0 Å². The van der Waals surface area contributed by atoms with E-state index in [0.29, 0.717) is 49.2 Å². The summed E-state index contributed by atoms with van der Waals surface area (Å²) in [5.41, 5.74) is 17.5. The zero-order valence-corrected chi connectivity index (χ0v) is 40.9. The highest BCUT2D eigenvalue weighted by Crippen LogP contribution is 2.27. The first-order valence-corrected chi connectivity index (χ1v) is 25.8. The van der Waals surface area contributed by atoms with Gasteiger partial charge in [-0.05, 0) is 56.6 Å². The van der Waals surface area contributed by atoms with Gasteiger partial charge in [-0.25, -0.2) is 0 Å². The van der Waals surface area contributed by atoms with E-state index in [4.69, 9.17) is 22.3 Å². The van der Waals surface area contributed by atoms with Crippen LogP contribution in [0.15, 0.2) is 35.5 Å². The number of nitrogens with two attached hydrogens (primary N) is 3. The molecule has 0 saturated carbocycles. The van der Waals surface area contributed by atoms with Gasteiger partial charge in [0.25, 0.3) is 0 Å². The number of guanidine groups is 1. The smallest absolute Gasteiger partial charge is 0.305 e. The molecule has 3 heterocycles. The molecule has 70 heavy (non-hydrogen) atoms. The number of carbonyl (C=O) groups is 10. The largest absolute Gasteiger partial charge is 0.481 e. The van der Waals surface area contributed by atoms with Crippen LogP contribution in [0.5, 0.6) is 0 Å². The lowest BCUT2D eigenvalue weighted by Crippen LogP contribution is -2.59. The van der Waals surface area contributed by atoms with E-state index >= 15 is 0 Å². The monoisotopic (exact) mass is 1030 g/mol. The average molecular weight is 1040 g/mol. The Labute approximate surface area is 416 Å². The molecule has 2 aliphatic heterocycles. The molecule has 2 aromatic rings. The summed E-state index contributed by atoms with van der Waals surface area (Å²) in [6.45, 7) is -0.158. The summed E-state index contributed by atoms with van der Waals surface area (Å²) in [6, 6.07) is -0.0947. The minimum Gasteiger partial charge on any atom is -0.481 e. The van der Waals surface area contributed by atoms with Gasteiger partial charge in [-0.3, -0.25) is 52.9 Å². The number of H-pyrrole nitrogens is 1. The molecule has 0 aliphatic carbocycles. The number of rotatable bonds is 29. The highest BCUT2D eigenvalue weighted by molar-refractivity contribution is 8.76. The van der Waals surface area contributed by atoms with Crippen LogP contribution in [-0.2, 0) is 54.4 Å². The molecule has 384 valence electrons. The third-order valence-electron chi connectivity index (χ3n) is 11.4. The first-order chi connectivity index (χ1) is 33.4. The van der Waals surface area contributed by atoms with Gasteiger partial charge in [0.05, 0.1) is 19.4 Å². The van der Waals surface area contributed by atoms with E-state index in [2.05, 4.69) is 49.2 Å². The average Bonchev–Trinajstić information content (AvgIpc) is 4.10. The molecule has 14 N–H and O–H groups in total. The molecule has 0 bridgehead atoms. The fraction of sp³-hybridized carbons (Fsp3) is 0.558. The number of hydrogen-bond acceptors (Lipinski definition) is 14. The van der Waals surface area contributed by atoms with Crippen LogP contribution in [0.25, 0.3) is 10.9 Å². The lowest BCUT2D eigenvalue weighted by Gasteiger charge is -2.33. The maximum absolute atomic E-state index is 14.7. The number of benzene rings is 1. The van der Waals surface area contributed by atoms with Crippen molar-refractivity contribution in [1.29, 1.82) is 0 Å². The highest BCUT2D eigenvalue weighted by atomic mass is 33.1. The molecule has 1 aromatic carbocycles.